The monoisotopic (exact) mass is 285 g/mol. The van der Waals surface area contributed by atoms with Crippen molar-refractivity contribution >= 4 is 28.1 Å². The lowest BCUT2D eigenvalue weighted by atomic mass is 10.1. The van der Waals surface area contributed by atoms with Crippen LogP contribution in [0.1, 0.15) is 10.4 Å². The standard InChI is InChI=1S/C15H15N3OS/c16-15(17-19)12-3-4-14-11(10-12)5-7-18(14)8-6-13-2-1-9-20-13/h1-5,7,9-10,19H,6,8H2,(H2,16,17). The summed E-state index contributed by atoms with van der Waals surface area (Å²) in [6.07, 6.45) is 3.11. The fourth-order valence-electron chi connectivity index (χ4n) is 2.30. The van der Waals surface area contributed by atoms with Gasteiger partial charge in [-0.3, -0.25) is 0 Å². The van der Waals surface area contributed by atoms with Gasteiger partial charge in [0, 0.05) is 34.1 Å². The number of hydrogen-bond acceptors (Lipinski definition) is 3. The maximum Gasteiger partial charge on any atom is 0.170 e. The van der Waals surface area contributed by atoms with Crippen LogP contribution in [0.3, 0.4) is 0 Å². The highest BCUT2D eigenvalue weighted by molar-refractivity contribution is 7.09. The molecule has 0 amide bonds. The molecule has 0 saturated carbocycles. The Morgan fingerprint density at radius 2 is 2.20 bits per heavy atom. The van der Waals surface area contributed by atoms with Gasteiger partial charge in [0.2, 0.25) is 0 Å². The molecule has 20 heavy (non-hydrogen) atoms. The summed E-state index contributed by atoms with van der Waals surface area (Å²) in [4.78, 5) is 1.39. The third-order valence-corrected chi connectivity index (χ3v) is 4.29. The van der Waals surface area contributed by atoms with Crippen LogP contribution in [-0.2, 0) is 13.0 Å². The van der Waals surface area contributed by atoms with Gasteiger partial charge < -0.3 is 15.5 Å². The fourth-order valence-corrected chi connectivity index (χ4v) is 3.00. The highest BCUT2D eigenvalue weighted by Crippen LogP contribution is 2.19. The first-order valence-electron chi connectivity index (χ1n) is 6.37. The number of thiophene rings is 1. The lowest BCUT2D eigenvalue weighted by Gasteiger charge is -2.05. The van der Waals surface area contributed by atoms with Crippen LogP contribution in [0.5, 0.6) is 0 Å². The number of rotatable bonds is 4. The summed E-state index contributed by atoms with van der Waals surface area (Å²) in [5.41, 5.74) is 7.50. The van der Waals surface area contributed by atoms with Gasteiger partial charge in [-0.2, -0.15) is 0 Å². The first kappa shape index (κ1) is 12.7. The largest absolute Gasteiger partial charge is 0.409 e. The number of aryl methyl sites for hydroxylation is 2. The van der Waals surface area contributed by atoms with Gasteiger partial charge in [0.1, 0.15) is 0 Å². The third kappa shape index (κ3) is 2.40. The molecule has 0 spiro atoms. The number of oxime groups is 1. The Morgan fingerprint density at radius 3 is 2.95 bits per heavy atom. The zero-order chi connectivity index (χ0) is 13.9. The molecule has 0 bridgehead atoms. The average molecular weight is 285 g/mol. The molecule has 3 N–H and O–H groups in total. The molecule has 0 aliphatic carbocycles. The van der Waals surface area contributed by atoms with Crippen molar-refractivity contribution in [3.05, 3.63) is 58.4 Å². The summed E-state index contributed by atoms with van der Waals surface area (Å²) in [5, 5.41) is 14.9. The number of nitrogens with zero attached hydrogens (tertiary/aromatic N) is 2. The smallest absolute Gasteiger partial charge is 0.170 e. The molecule has 0 unspecified atom stereocenters. The summed E-state index contributed by atoms with van der Waals surface area (Å²) < 4.78 is 2.23. The summed E-state index contributed by atoms with van der Waals surface area (Å²) in [6.45, 7) is 0.951. The summed E-state index contributed by atoms with van der Waals surface area (Å²) in [5.74, 6) is 0.137. The molecule has 2 heterocycles. The number of fused-ring (bicyclic) bond motifs is 1. The van der Waals surface area contributed by atoms with Crippen molar-refractivity contribution in [2.45, 2.75) is 13.0 Å². The van der Waals surface area contributed by atoms with E-state index in [1.54, 1.807) is 11.3 Å². The van der Waals surface area contributed by atoms with E-state index >= 15 is 0 Å². The SMILES string of the molecule is N/C(=N/O)c1ccc2c(ccn2CCc2cccs2)c1. The number of aromatic nitrogens is 1. The molecule has 0 fully saturated rings. The van der Waals surface area contributed by atoms with Gasteiger partial charge in [-0.05, 0) is 42.1 Å². The normalized spacial score (nSPS) is 12.1. The van der Waals surface area contributed by atoms with Crippen LogP contribution in [0.2, 0.25) is 0 Å². The van der Waals surface area contributed by atoms with E-state index in [0.29, 0.717) is 0 Å². The molecule has 3 rings (SSSR count). The number of nitrogens with two attached hydrogens (primary N) is 1. The van der Waals surface area contributed by atoms with Crippen LogP contribution in [0.15, 0.2) is 53.1 Å². The third-order valence-electron chi connectivity index (χ3n) is 3.35. The van der Waals surface area contributed by atoms with Gasteiger partial charge in [-0.15, -0.1) is 11.3 Å². The molecule has 1 aromatic carbocycles. The molecule has 5 heteroatoms. The summed E-state index contributed by atoms with van der Waals surface area (Å²) >= 11 is 1.79. The molecule has 102 valence electrons. The Kier molecular flexibility index (Phi) is 3.43. The van der Waals surface area contributed by atoms with E-state index in [-0.39, 0.29) is 5.84 Å². The van der Waals surface area contributed by atoms with E-state index in [0.717, 1.165) is 29.4 Å². The fraction of sp³-hybridized carbons (Fsp3) is 0.133. The van der Waals surface area contributed by atoms with E-state index in [1.165, 1.54) is 4.88 Å². The lowest BCUT2D eigenvalue weighted by molar-refractivity contribution is 0.318. The second-order valence-electron chi connectivity index (χ2n) is 4.60. The van der Waals surface area contributed by atoms with Gasteiger partial charge in [0.25, 0.3) is 0 Å². The Labute approximate surface area is 120 Å². The number of hydrogen-bond donors (Lipinski definition) is 2. The van der Waals surface area contributed by atoms with Gasteiger partial charge in [-0.1, -0.05) is 11.2 Å². The van der Waals surface area contributed by atoms with Gasteiger partial charge in [0.05, 0.1) is 0 Å². The Morgan fingerprint density at radius 1 is 1.30 bits per heavy atom. The van der Waals surface area contributed by atoms with Crippen LogP contribution in [-0.4, -0.2) is 15.6 Å². The topological polar surface area (TPSA) is 63.5 Å². The minimum atomic E-state index is 0.137. The highest BCUT2D eigenvalue weighted by Gasteiger charge is 2.05. The zero-order valence-electron chi connectivity index (χ0n) is 10.9. The maximum absolute atomic E-state index is 8.71. The molecule has 0 aliphatic rings. The first-order chi connectivity index (χ1) is 9.78. The number of amidine groups is 1. The Hall–Kier alpha value is -2.27. The minimum absolute atomic E-state index is 0.137. The van der Waals surface area contributed by atoms with Crippen molar-refractivity contribution in [1.82, 2.24) is 4.57 Å². The lowest BCUT2D eigenvalue weighted by Crippen LogP contribution is -2.12. The van der Waals surface area contributed by atoms with Gasteiger partial charge in [0.15, 0.2) is 5.84 Å². The van der Waals surface area contributed by atoms with E-state index in [9.17, 15) is 0 Å². The van der Waals surface area contributed by atoms with E-state index in [4.69, 9.17) is 10.9 Å². The average Bonchev–Trinajstić information content (AvgIpc) is 3.13. The van der Waals surface area contributed by atoms with E-state index < -0.39 is 0 Å². The molecule has 0 aliphatic heterocycles. The van der Waals surface area contributed by atoms with Crippen molar-refractivity contribution in [3.8, 4) is 0 Å². The van der Waals surface area contributed by atoms with E-state index in [2.05, 4.69) is 39.5 Å². The minimum Gasteiger partial charge on any atom is -0.409 e. The zero-order valence-corrected chi connectivity index (χ0v) is 11.7. The molecule has 0 atom stereocenters. The Bertz CT molecular complexity index is 744. The van der Waals surface area contributed by atoms with Crippen LogP contribution in [0, 0.1) is 0 Å². The van der Waals surface area contributed by atoms with E-state index in [1.807, 2.05) is 18.2 Å². The van der Waals surface area contributed by atoms with Crippen LogP contribution < -0.4 is 5.73 Å². The van der Waals surface area contributed by atoms with Crippen LogP contribution in [0.4, 0.5) is 0 Å². The molecule has 0 radical (unpaired) electrons. The molecule has 4 nitrogen and oxygen atoms in total. The van der Waals surface area contributed by atoms with Gasteiger partial charge in [-0.25, -0.2) is 0 Å². The van der Waals surface area contributed by atoms with Crippen molar-refractivity contribution in [2.24, 2.45) is 10.9 Å². The van der Waals surface area contributed by atoms with Crippen LogP contribution in [0.25, 0.3) is 10.9 Å². The molecular formula is C15H15N3OS. The molecule has 2 aromatic heterocycles. The quantitative estimate of drug-likeness (QED) is 0.335. The van der Waals surface area contributed by atoms with Crippen molar-refractivity contribution < 1.29 is 5.21 Å². The predicted octanol–water partition coefficient (Wildman–Crippen LogP) is 3.04. The van der Waals surface area contributed by atoms with Crippen molar-refractivity contribution in [3.63, 3.8) is 0 Å². The van der Waals surface area contributed by atoms with Crippen LogP contribution >= 0.6 is 11.3 Å². The first-order valence-corrected chi connectivity index (χ1v) is 7.25. The second-order valence-corrected chi connectivity index (χ2v) is 5.63. The Balaban J connectivity index is 1.86. The number of benzene rings is 1. The van der Waals surface area contributed by atoms with Crippen molar-refractivity contribution in [1.29, 1.82) is 0 Å². The van der Waals surface area contributed by atoms with Crippen molar-refractivity contribution in [2.75, 3.05) is 0 Å². The predicted molar refractivity (Wildman–Crippen MR) is 82.5 cm³/mol. The molecule has 3 aromatic rings. The maximum atomic E-state index is 8.71. The molecular weight excluding hydrogens is 270 g/mol. The molecule has 0 saturated heterocycles. The summed E-state index contributed by atoms with van der Waals surface area (Å²) in [7, 11) is 0. The highest BCUT2D eigenvalue weighted by atomic mass is 32.1. The summed E-state index contributed by atoms with van der Waals surface area (Å²) in [6, 6.07) is 12.1. The van der Waals surface area contributed by atoms with Gasteiger partial charge >= 0.3 is 0 Å². The second kappa shape index (κ2) is 5.38.